The average Bonchev–Trinajstić information content (AvgIpc) is 3.00. The number of aliphatic hydroxyl groups excluding tert-OH is 1. The van der Waals surface area contributed by atoms with E-state index in [0.717, 1.165) is 24.3 Å². The van der Waals surface area contributed by atoms with Gasteiger partial charge in [-0.3, -0.25) is 4.99 Å². The van der Waals surface area contributed by atoms with Crippen LogP contribution in [0, 0.1) is 11.8 Å². The molecule has 1 fully saturated rings. The van der Waals surface area contributed by atoms with Crippen molar-refractivity contribution in [3.63, 3.8) is 0 Å². The Morgan fingerprint density at radius 2 is 2.43 bits per heavy atom. The summed E-state index contributed by atoms with van der Waals surface area (Å²) in [7, 11) is 0. The van der Waals surface area contributed by atoms with Gasteiger partial charge >= 0.3 is 0 Å². The zero-order valence-electron chi connectivity index (χ0n) is 8.66. The summed E-state index contributed by atoms with van der Waals surface area (Å²) in [6.45, 7) is 4.41. The van der Waals surface area contributed by atoms with E-state index in [9.17, 15) is 5.11 Å². The summed E-state index contributed by atoms with van der Waals surface area (Å²) in [6, 6.07) is 0. The summed E-state index contributed by atoms with van der Waals surface area (Å²) < 4.78 is 0. The van der Waals surface area contributed by atoms with Gasteiger partial charge in [0.25, 0.3) is 0 Å². The van der Waals surface area contributed by atoms with E-state index in [1.54, 1.807) is 0 Å². The van der Waals surface area contributed by atoms with Gasteiger partial charge in [0.1, 0.15) is 0 Å². The van der Waals surface area contributed by atoms with Gasteiger partial charge in [0.15, 0.2) is 5.96 Å². The van der Waals surface area contributed by atoms with Crippen LogP contribution in [0.3, 0.4) is 0 Å². The first-order valence-corrected chi connectivity index (χ1v) is 5.46. The summed E-state index contributed by atoms with van der Waals surface area (Å²) in [6.07, 6.45) is 2.46. The molecule has 2 atom stereocenters. The first kappa shape index (κ1) is 9.77. The molecule has 0 aromatic heterocycles. The summed E-state index contributed by atoms with van der Waals surface area (Å²) in [4.78, 5) is 4.21. The second kappa shape index (κ2) is 4.17. The normalized spacial score (nSPS) is 29.0. The maximum Gasteiger partial charge on any atom is 0.191 e. The van der Waals surface area contributed by atoms with Crippen LogP contribution < -0.4 is 10.6 Å². The molecule has 3 N–H and O–H groups in total. The molecule has 1 heterocycles. The minimum absolute atomic E-state index is 0.318. The minimum Gasteiger partial charge on any atom is -0.389 e. The lowest BCUT2D eigenvalue weighted by molar-refractivity contribution is 0.180. The Morgan fingerprint density at radius 3 is 3.00 bits per heavy atom. The Labute approximate surface area is 84.8 Å². The lowest BCUT2D eigenvalue weighted by atomic mass is 10.1. The van der Waals surface area contributed by atoms with E-state index in [2.05, 4.69) is 22.5 Å². The molecule has 0 spiro atoms. The quantitative estimate of drug-likeness (QED) is 0.594. The van der Waals surface area contributed by atoms with Gasteiger partial charge in [-0.2, -0.15) is 0 Å². The van der Waals surface area contributed by atoms with Crippen LogP contribution in [0.15, 0.2) is 4.99 Å². The molecule has 80 valence electrons. The molecule has 0 saturated heterocycles. The lowest BCUT2D eigenvalue weighted by Crippen LogP contribution is -2.47. The molecule has 14 heavy (non-hydrogen) atoms. The maximum atomic E-state index is 9.21. The molecule has 4 heteroatoms. The van der Waals surface area contributed by atoms with Gasteiger partial charge in [0.2, 0.25) is 0 Å². The van der Waals surface area contributed by atoms with E-state index < -0.39 is 0 Å². The van der Waals surface area contributed by atoms with Crippen molar-refractivity contribution < 1.29 is 5.11 Å². The van der Waals surface area contributed by atoms with Crippen LogP contribution in [0.4, 0.5) is 0 Å². The molecule has 0 radical (unpaired) electrons. The first-order valence-electron chi connectivity index (χ1n) is 5.46. The van der Waals surface area contributed by atoms with E-state index in [1.165, 1.54) is 12.8 Å². The highest BCUT2D eigenvalue weighted by atomic mass is 16.3. The molecule has 0 aromatic rings. The minimum atomic E-state index is -0.318. The van der Waals surface area contributed by atoms with Gasteiger partial charge in [-0.1, -0.05) is 6.92 Å². The Morgan fingerprint density at radius 1 is 1.64 bits per heavy atom. The average molecular weight is 197 g/mol. The van der Waals surface area contributed by atoms with Gasteiger partial charge in [-0.15, -0.1) is 0 Å². The zero-order valence-corrected chi connectivity index (χ0v) is 8.66. The van der Waals surface area contributed by atoms with E-state index in [4.69, 9.17) is 0 Å². The summed E-state index contributed by atoms with van der Waals surface area (Å²) in [5, 5.41) is 15.6. The third-order valence-electron chi connectivity index (χ3n) is 2.98. The van der Waals surface area contributed by atoms with Crippen molar-refractivity contribution in [2.75, 3.05) is 19.6 Å². The van der Waals surface area contributed by atoms with Crippen LogP contribution in [0.25, 0.3) is 0 Å². The fourth-order valence-electron chi connectivity index (χ4n) is 1.74. The van der Waals surface area contributed by atoms with Crippen molar-refractivity contribution in [2.45, 2.75) is 25.9 Å². The predicted molar refractivity (Wildman–Crippen MR) is 56.2 cm³/mol. The van der Waals surface area contributed by atoms with Crippen LogP contribution in [0.2, 0.25) is 0 Å². The van der Waals surface area contributed by atoms with Crippen LogP contribution in [0.1, 0.15) is 19.8 Å². The molecule has 1 aliphatic heterocycles. The first-order chi connectivity index (χ1) is 6.75. The van der Waals surface area contributed by atoms with Crippen LogP contribution in [-0.4, -0.2) is 36.8 Å². The van der Waals surface area contributed by atoms with Crippen LogP contribution in [0.5, 0.6) is 0 Å². The molecular formula is C10H19N3O. The second-order valence-electron chi connectivity index (χ2n) is 4.42. The zero-order chi connectivity index (χ0) is 9.97. The fraction of sp³-hybridized carbons (Fsp3) is 0.900. The Hall–Kier alpha value is -0.770. The smallest absolute Gasteiger partial charge is 0.191 e. The second-order valence-corrected chi connectivity index (χ2v) is 4.42. The number of rotatable bonds is 3. The van der Waals surface area contributed by atoms with Crippen LogP contribution in [-0.2, 0) is 0 Å². The lowest BCUT2D eigenvalue weighted by Gasteiger charge is -2.21. The largest absolute Gasteiger partial charge is 0.389 e. The van der Waals surface area contributed by atoms with Crippen LogP contribution >= 0.6 is 0 Å². The molecule has 0 amide bonds. The number of aliphatic imine (C=N–C) groups is 1. The fourth-order valence-corrected chi connectivity index (χ4v) is 1.74. The van der Waals surface area contributed by atoms with Gasteiger partial charge in [-0.05, 0) is 24.7 Å². The SMILES string of the molecule is CC(CNC1=NCC(O)CN1)C1CC1. The topological polar surface area (TPSA) is 56.7 Å². The Bertz CT molecular complexity index is 225. The molecule has 0 bridgehead atoms. The summed E-state index contributed by atoms with van der Waals surface area (Å²) in [5.74, 6) is 2.52. The number of nitrogens with zero attached hydrogens (tertiary/aromatic N) is 1. The Balaban J connectivity index is 1.69. The van der Waals surface area contributed by atoms with Crippen molar-refractivity contribution in [2.24, 2.45) is 16.8 Å². The van der Waals surface area contributed by atoms with Crippen molar-refractivity contribution in [1.82, 2.24) is 10.6 Å². The highest BCUT2D eigenvalue weighted by Gasteiger charge is 2.27. The number of hydrogen-bond donors (Lipinski definition) is 3. The molecule has 1 saturated carbocycles. The molecule has 2 rings (SSSR count). The van der Waals surface area contributed by atoms with Gasteiger partial charge in [0.05, 0.1) is 12.6 Å². The molecule has 1 aliphatic carbocycles. The Kier molecular flexibility index (Phi) is 2.91. The summed E-state index contributed by atoms with van der Waals surface area (Å²) in [5.41, 5.74) is 0. The van der Waals surface area contributed by atoms with Gasteiger partial charge < -0.3 is 15.7 Å². The molecule has 0 aromatic carbocycles. The van der Waals surface area contributed by atoms with Crippen molar-refractivity contribution in [3.05, 3.63) is 0 Å². The highest BCUT2D eigenvalue weighted by molar-refractivity contribution is 5.80. The number of nitrogens with one attached hydrogen (secondary N) is 2. The third-order valence-corrected chi connectivity index (χ3v) is 2.98. The van der Waals surface area contributed by atoms with E-state index in [0.29, 0.717) is 13.1 Å². The predicted octanol–water partition coefficient (Wildman–Crippen LogP) is -0.0578. The van der Waals surface area contributed by atoms with Crippen molar-refractivity contribution >= 4 is 5.96 Å². The van der Waals surface area contributed by atoms with Crippen molar-refractivity contribution in [1.29, 1.82) is 0 Å². The van der Waals surface area contributed by atoms with E-state index in [1.807, 2.05) is 0 Å². The monoisotopic (exact) mass is 197 g/mol. The molecule has 4 nitrogen and oxygen atoms in total. The third kappa shape index (κ3) is 2.61. The maximum absolute atomic E-state index is 9.21. The standard InChI is InChI=1S/C10H19N3O/c1-7(8-2-3-8)4-11-10-12-5-9(14)6-13-10/h7-9,14H,2-6H2,1H3,(H2,11,12,13). The molecule has 2 aliphatic rings. The van der Waals surface area contributed by atoms with E-state index >= 15 is 0 Å². The van der Waals surface area contributed by atoms with E-state index in [-0.39, 0.29) is 6.10 Å². The highest BCUT2D eigenvalue weighted by Crippen LogP contribution is 2.35. The number of β-amino-alcohol motifs (C(OH)–C–C–N with tert-alkyl or cyclic N) is 1. The number of aliphatic hydroxyl groups is 1. The van der Waals surface area contributed by atoms with Crippen molar-refractivity contribution in [3.8, 4) is 0 Å². The van der Waals surface area contributed by atoms with Gasteiger partial charge in [-0.25, -0.2) is 0 Å². The molecular weight excluding hydrogens is 178 g/mol. The molecule has 2 unspecified atom stereocenters. The summed E-state index contributed by atoms with van der Waals surface area (Å²) >= 11 is 0. The number of guanidine groups is 1. The number of hydrogen-bond acceptors (Lipinski definition) is 4. The van der Waals surface area contributed by atoms with Gasteiger partial charge in [0, 0.05) is 13.1 Å².